The van der Waals surface area contributed by atoms with Crippen LogP contribution in [0.2, 0.25) is 0 Å². The molecule has 0 bridgehead atoms. The van der Waals surface area contributed by atoms with Crippen molar-refractivity contribution in [1.82, 2.24) is 4.98 Å². The summed E-state index contributed by atoms with van der Waals surface area (Å²) in [5.74, 6) is 0.0738. The number of pyridine rings is 1. The number of hydrogen-bond acceptors (Lipinski definition) is 8. The summed E-state index contributed by atoms with van der Waals surface area (Å²) in [7, 11) is 0. The average molecular weight is 584 g/mol. The Morgan fingerprint density at radius 2 is 1.79 bits per heavy atom. The van der Waals surface area contributed by atoms with Gasteiger partial charge in [-0.3, -0.25) is 4.90 Å². The highest BCUT2D eigenvalue weighted by Crippen LogP contribution is 2.43. The molecule has 6 rings (SSSR count). The zero-order valence-electron chi connectivity index (χ0n) is 22.6. The number of halogens is 3. The van der Waals surface area contributed by atoms with E-state index in [1.807, 2.05) is 19.1 Å². The van der Waals surface area contributed by atoms with E-state index in [9.17, 15) is 22.8 Å². The normalized spacial score (nSPS) is 21.0. The second-order valence-corrected chi connectivity index (χ2v) is 10.8. The first-order valence-corrected chi connectivity index (χ1v) is 13.4. The maximum Gasteiger partial charge on any atom is 0.416 e. The van der Waals surface area contributed by atoms with E-state index in [0.717, 1.165) is 23.5 Å². The van der Waals surface area contributed by atoms with Crippen LogP contribution >= 0.6 is 0 Å². The summed E-state index contributed by atoms with van der Waals surface area (Å²) in [6, 6.07) is 14.0. The number of nitrogens with one attached hydrogen (secondary N) is 2. The minimum Gasteiger partial charge on any atom is -0.482 e. The monoisotopic (exact) mass is 583 g/mol. The Balaban J connectivity index is 1.07. The molecule has 42 heavy (non-hydrogen) atoms. The van der Waals surface area contributed by atoms with Crippen LogP contribution in [0.1, 0.15) is 30.9 Å². The van der Waals surface area contributed by atoms with Crippen LogP contribution in [0, 0.1) is 0 Å². The SMILES string of the molecule is CC1(c2ccc(N3CCC4(CC3)CN(c3ccc(OCC(=O)O)cc3)C(=O)O4)nc2)Nc2ccc(C(F)(F)F)cc2N1. The van der Waals surface area contributed by atoms with E-state index in [1.165, 1.54) is 6.07 Å². The number of hydrogen-bond donors (Lipinski definition) is 3. The molecule has 1 aromatic heterocycles. The average Bonchev–Trinajstić information content (AvgIpc) is 3.48. The fraction of sp³-hybridized carbons (Fsp3) is 0.345. The topological polar surface area (TPSA) is 116 Å². The molecule has 2 aromatic carbocycles. The summed E-state index contributed by atoms with van der Waals surface area (Å²) in [6.07, 6.45) is -1.94. The number of alkyl halides is 3. The lowest BCUT2D eigenvalue weighted by atomic mass is 9.91. The number of aromatic nitrogens is 1. The Morgan fingerprint density at radius 3 is 2.43 bits per heavy atom. The number of aliphatic carboxylic acids is 1. The second-order valence-electron chi connectivity index (χ2n) is 10.8. The second kappa shape index (κ2) is 10.00. The molecule has 0 saturated carbocycles. The van der Waals surface area contributed by atoms with Crippen LogP contribution in [0.3, 0.4) is 0 Å². The van der Waals surface area contributed by atoms with Crippen LogP contribution < -0.4 is 25.2 Å². The minimum absolute atomic E-state index is 0.375. The van der Waals surface area contributed by atoms with Crippen molar-refractivity contribution in [2.24, 2.45) is 0 Å². The molecule has 2 fully saturated rings. The molecule has 3 aliphatic rings. The lowest BCUT2D eigenvalue weighted by molar-refractivity contribution is -0.139. The summed E-state index contributed by atoms with van der Waals surface area (Å²) in [4.78, 5) is 31.8. The maximum absolute atomic E-state index is 13.2. The summed E-state index contributed by atoms with van der Waals surface area (Å²) >= 11 is 0. The van der Waals surface area contributed by atoms with Gasteiger partial charge in [-0.05, 0) is 61.5 Å². The van der Waals surface area contributed by atoms with Crippen LogP contribution in [0.25, 0.3) is 0 Å². The lowest BCUT2D eigenvalue weighted by Gasteiger charge is -2.38. The predicted octanol–water partition coefficient (Wildman–Crippen LogP) is 5.27. The molecule has 3 aromatic rings. The van der Waals surface area contributed by atoms with Gasteiger partial charge in [0.2, 0.25) is 0 Å². The molecule has 3 aliphatic heterocycles. The van der Waals surface area contributed by atoms with Gasteiger partial charge in [0.25, 0.3) is 0 Å². The zero-order chi connectivity index (χ0) is 29.7. The third-order valence-electron chi connectivity index (χ3n) is 7.92. The number of anilines is 4. The van der Waals surface area contributed by atoms with Gasteiger partial charge in [0.1, 0.15) is 22.8 Å². The van der Waals surface area contributed by atoms with E-state index < -0.39 is 41.7 Å². The number of amides is 1. The highest BCUT2D eigenvalue weighted by molar-refractivity contribution is 5.90. The number of fused-ring (bicyclic) bond motifs is 1. The number of carboxylic acid groups (broad SMARTS) is 1. The van der Waals surface area contributed by atoms with Gasteiger partial charge in [0.15, 0.2) is 6.61 Å². The third-order valence-corrected chi connectivity index (χ3v) is 7.92. The summed E-state index contributed by atoms with van der Waals surface area (Å²) in [5, 5.41) is 15.2. The van der Waals surface area contributed by atoms with E-state index in [4.69, 9.17) is 14.6 Å². The first-order chi connectivity index (χ1) is 19.9. The Bertz CT molecular complexity index is 1510. The minimum atomic E-state index is -4.42. The molecule has 4 heterocycles. The Hall–Kier alpha value is -4.68. The van der Waals surface area contributed by atoms with Gasteiger partial charge >= 0.3 is 18.2 Å². The molecule has 13 heteroatoms. The van der Waals surface area contributed by atoms with Crippen molar-refractivity contribution in [1.29, 1.82) is 0 Å². The molecule has 3 N–H and O–H groups in total. The van der Waals surface area contributed by atoms with Crippen LogP contribution in [-0.2, 0) is 21.4 Å². The van der Waals surface area contributed by atoms with Gasteiger partial charge in [0.05, 0.1) is 23.5 Å². The van der Waals surface area contributed by atoms with Gasteiger partial charge in [0, 0.05) is 43.4 Å². The Morgan fingerprint density at radius 1 is 1.07 bits per heavy atom. The van der Waals surface area contributed by atoms with E-state index in [0.29, 0.717) is 55.3 Å². The number of rotatable bonds is 6. The maximum atomic E-state index is 13.2. The number of carbonyl (C=O) groups excluding carboxylic acids is 1. The van der Waals surface area contributed by atoms with Gasteiger partial charge in [-0.25, -0.2) is 14.6 Å². The van der Waals surface area contributed by atoms with Crippen molar-refractivity contribution in [3.05, 3.63) is 71.9 Å². The van der Waals surface area contributed by atoms with Crippen LogP contribution in [0.5, 0.6) is 5.75 Å². The summed E-state index contributed by atoms with van der Waals surface area (Å²) in [5.41, 5.74) is 0.194. The summed E-state index contributed by atoms with van der Waals surface area (Å²) < 4.78 is 50.5. The number of ether oxygens (including phenoxy) is 2. The van der Waals surface area contributed by atoms with Crippen LogP contribution in [0.15, 0.2) is 60.8 Å². The molecule has 2 saturated heterocycles. The van der Waals surface area contributed by atoms with Crippen LogP contribution in [-0.4, -0.2) is 54.0 Å². The van der Waals surface area contributed by atoms with Crippen molar-refractivity contribution in [3.63, 3.8) is 0 Å². The van der Waals surface area contributed by atoms with E-state index in [-0.39, 0.29) is 0 Å². The molecule has 10 nitrogen and oxygen atoms in total. The largest absolute Gasteiger partial charge is 0.482 e. The number of nitrogens with zero attached hydrogens (tertiary/aromatic N) is 3. The third kappa shape index (κ3) is 5.21. The lowest BCUT2D eigenvalue weighted by Crippen LogP contribution is -2.47. The standard InChI is InChI=1S/C29H28F3N5O5/c1-27(34-22-8-2-18(29(30,31)32)14-23(22)35-27)19-3-9-24(33-15-19)36-12-10-28(11-13-36)17-37(26(40)42-28)20-4-6-21(7-5-20)41-16-25(38)39/h2-9,14-15,34-35H,10-13,16-17H2,1H3,(H,38,39). The van der Waals surface area contributed by atoms with E-state index in [2.05, 4.69) is 20.5 Å². The van der Waals surface area contributed by atoms with Gasteiger partial charge in [-0.1, -0.05) is 0 Å². The van der Waals surface area contributed by atoms with Crippen molar-refractivity contribution < 1.29 is 37.3 Å². The number of carboxylic acids is 1. The van der Waals surface area contributed by atoms with Crippen molar-refractivity contribution >= 4 is 34.9 Å². The quantitative estimate of drug-likeness (QED) is 0.357. The molecule has 1 atom stereocenters. The first-order valence-electron chi connectivity index (χ1n) is 13.4. The summed E-state index contributed by atoms with van der Waals surface area (Å²) in [6.45, 7) is 3.03. The Kier molecular flexibility index (Phi) is 6.54. The van der Waals surface area contributed by atoms with Crippen molar-refractivity contribution in [3.8, 4) is 5.75 Å². The molecule has 1 unspecified atom stereocenters. The number of carbonyl (C=O) groups is 2. The highest BCUT2D eigenvalue weighted by atomic mass is 19.4. The van der Waals surface area contributed by atoms with Crippen molar-refractivity contribution in [2.45, 2.75) is 37.2 Å². The predicted molar refractivity (Wildman–Crippen MR) is 148 cm³/mol. The van der Waals surface area contributed by atoms with Gasteiger partial charge in [-0.15, -0.1) is 0 Å². The van der Waals surface area contributed by atoms with E-state index in [1.54, 1.807) is 35.4 Å². The number of benzene rings is 2. The van der Waals surface area contributed by atoms with Crippen molar-refractivity contribution in [2.75, 3.05) is 46.7 Å². The van der Waals surface area contributed by atoms with Gasteiger partial charge < -0.3 is 30.1 Å². The molecule has 1 amide bonds. The zero-order valence-corrected chi connectivity index (χ0v) is 22.6. The highest BCUT2D eigenvalue weighted by Gasteiger charge is 2.47. The fourth-order valence-electron chi connectivity index (χ4n) is 5.61. The Labute approximate surface area is 239 Å². The molecule has 0 radical (unpaired) electrons. The molecule has 220 valence electrons. The van der Waals surface area contributed by atoms with E-state index >= 15 is 0 Å². The first kappa shape index (κ1) is 27.5. The molecular formula is C29H28F3N5O5. The molecular weight excluding hydrogens is 555 g/mol. The molecule has 0 aliphatic carbocycles. The smallest absolute Gasteiger partial charge is 0.416 e. The fourth-order valence-corrected chi connectivity index (χ4v) is 5.61. The molecule has 1 spiro atoms. The van der Waals surface area contributed by atoms with Gasteiger partial charge in [-0.2, -0.15) is 13.2 Å². The number of piperidine rings is 1. The van der Waals surface area contributed by atoms with Crippen LogP contribution in [0.4, 0.5) is 40.8 Å².